The fraction of sp³-hybridized carbons (Fsp3) is 0.409. The molecule has 1 aliphatic rings. The van der Waals surface area contributed by atoms with Crippen molar-refractivity contribution in [2.45, 2.75) is 45.1 Å². The first-order chi connectivity index (χ1) is 15.0. The lowest BCUT2D eigenvalue weighted by Crippen LogP contribution is -2.36. The van der Waals surface area contributed by atoms with Gasteiger partial charge >= 0.3 is 12.0 Å². The van der Waals surface area contributed by atoms with E-state index in [-0.39, 0.29) is 18.0 Å². The number of fused-ring (bicyclic) bond motifs is 1. The number of pyridine rings is 2. The predicted octanol–water partition coefficient (Wildman–Crippen LogP) is 3.02. The predicted molar refractivity (Wildman–Crippen MR) is 121 cm³/mol. The van der Waals surface area contributed by atoms with Gasteiger partial charge in [0, 0.05) is 55.7 Å². The lowest BCUT2D eigenvalue weighted by atomic mass is 10.1. The highest BCUT2D eigenvalue weighted by Crippen LogP contribution is 2.20. The van der Waals surface area contributed by atoms with E-state index in [1.165, 1.54) is 13.1 Å². The van der Waals surface area contributed by atoms with Crippen LogP contribution in [0.1, 0.15) is 44.6 Å². The zero-order valence-electron chi connectivity index (χ0n) is 17.6. The molecular weight excluding hydrogens is 396 g/mol. The van der Waals surface area contributed by atoms with Crippen LogP contribution < -0.4 is 16.4 Å². The Morgan fingerprint density at radius 2 is 2.10 bits per heavy atom. The van der Waals surface area contributed by atoms with Gasteiger partial charge in [-0.05, 0) is 31.0 Å². The molecule has 1 saturated carbocycles. The number of urea groups is 1. The maximum absolute atomic E-state index is 12.2. The molecule has 9 nitrogen and oxygen atoms in total. The van der Waals surface area contributed by atoms with E-state index in [1.807, 2.05) is 12.1 Å². The van der Waals surface area contributed by atoms with Crippen molar-refractivity contribution in [1.82, 2.24) is 15.3 Å². The number of amides is 2. The number of aromatic nitrogens is 2. The standard InChI is InChI=1S/C22H28N6O3/c1-15(29)31-10-4-9-24-13-17(12-23)16-11-20-19(25-14-16)7-8-21(27-20)28-22(30)26-18-5-2-3-6-18/h7-8,11-14,18H,2-6,9-10,23H2,1H3,(H2,26,27,28,30). The van der Waals surface area contributed by atoms with Gasteiger partial charge in [-0.15, -0.1) is 0 Å². The summed E-state index contributed by atoms with van der Waals surface area (Å²) in [5.74, 6) is 0.158. The van der Waals surface area contributed by atoms with Crippen LogP contribution in [-0.2, 0) is 9.53 Å². The number of hydrogen-bond acceptors (Lipinski definition) is 7. The fourth-order valence-corrected chi connectivity index (χ4v) is 3.39. The Morgan fingerprint density at radius 1 is 1.29 bits per heavy atom. The third-order valence-corrected chi connectivity index (χ3v) is 4.95. The molecule has 3 rings (SSSR count). The number of carbonyl (C=O) groups excluding carboxylic acids is 2. The first-order valence-electron chi connectivity index (χ1n) is 10.4. The summed E-state index contributed by atoms with van der Waals surface area (Å²) in [5.41, 5.74) is 8.57. The second-order valence-corrected chi connectivity index (χ2v) is 7.39. The third kappa shape index (κ3) is 6.77. The van der Waals surface area contributed by atoms with E-state index in [1.54, 1.807) is 18.5 Å². The highest BCUT2D eigenvalue weighted by molar-refractivity contribution is 6.10. The number of carbonyl (C=O) groups is 2. The SMILES string of the molecule is CC(=O)OCCCN=CC(=CN)c1cnc2ccc(NC(=O)NC3CCCC3)nc2c1. The quantitative estimate of drug-likeness (QED) is 0.339. The van der Waals surface area contributed by atoms with Gasteiger partial charge in [-0.2, -0.15) is 0 Å². The van der Waals surface area contributed by atoms with E-state index in [0.29, 0.717) is 42.0 Å². The van der Waals surface area contributed by atoms with E-state index >= 15 is 0 Å². The van der Waals surface area contributed by atoms with E-state index < -0.39 is 0 Å². The van der Waals surface area contributed by atoms with Crippen molar-refractivity contribution in [1.29, 1.82) is 0 Å². The van der Waals surface area contributed by atoms with Crippen LogP contribution in [0.4, 0.5) is 10.6 Å². The van der Waals surface area contributed by atoms with Crippen LogP contribution in [0.25, 0.3) is 16.6 Å². The number of nitrogens with zero attached hydrogens (tertiary/aromatic N) is 3. The number of esters is 1. The van der Waals surface area contributed by atoms with E-state index in [0.717, 1.165) is 31.2 Å². The average Bonchev–Trinajstić information content (AvgIpc) is 3.25. The summed E-state index contributed by atoms with van der Waals surface area (Å²) < 4.78 is 4.88. The summed E-state index contributed by atoms with van der Waals surface area (Å²) in [7, 11) is 0. The molecule has 1 fully saturated rings. The van der Waals surface area contributed by atoms with Crippen molar-refractivity contribution >= 4 is 40.6 Å². The maximum Gasteiger partial charge on any atom is 0.320 e. The summed E-state index contributed by atoms with van der Waals surface area (Å²) in [4.78, 5) is 36.2. The molecule has 164 valence electrons. The number of anilines is 1. The minimum atomic E-state index is -0.300. The van der Waals surface area contributed by atoms with Crippen LogP contribution in [-0.4, -0.2) is 47.4 Å². The summed E-state index contributed by atoms with van der Waals surface area (Å²) in [5, 5.41) is 5.78. The van der Waals surface area contributed by atoms with Crippen LogP contribution in [0, 0.1) is 0 Å². The molecule has 1 aliphatic carbocycles. The van der Waals surface area contributed by atoms with Crippen molar-refractivity contribution in [2.75, 3.05) is 18.5 Å². The zero-order chi connectivity index (χ0) is 22.1. The molecule has 9 heteroatoms. The molecule has 0 radical (unpaired) electrons. The van der Waals surface area contributed by atoms with Crippen molar-refractivity contribution in [3.8, 4) is 0 Å². The number of nitrogens with one attached hydrogen (secondary N) is 2. The van der Waals surface area contributed by atoms with Gasteiger partial charge in [0.25, 0.3) is 0 Å². The third-order valence-electron chi connectivity index (χ3n) is 4.95. The normalized spacial score (nSPS) is 14.8. The van der Waals surface area contributed by atoms with E-state index in [2.05, 4.69) is 25.6 Å². The lowest BCUT2D eigenvalue weighted by molar-refractivity contribution is -0.140. The molecule has 0 aromatic carbocycles. The van der Waals surface area contributed by atoms with Gasteiger partial charge in [-0.25, -0.2) is 9.78 Å². The summed E-state index contributed by atoms with van der Waals surface area (Å²) in [6.45, 7) is 2.22. The van der Waals surface area contributed by atoms with Crippen LogP contribution in [0.15, 0.2) is 35.6 Å². The number of aliphatic imine (C=N–C) groups is 1. The van der Waals surface area contributed by atoms with E-state index in [4.69, 9.17) is 10.5 Å². The minimum absolute atomic E-state index is 0.235. The monoisotopic (exact) mass is 424 g/mol. The van der Waals surface area contributed by atoms with Gasteiger partial charge in [0.15, 0.2) is 0 Å². The van der Waals surface area contributed by atoms with Gasteiger partial charge in [0.2, 0.25) is 0 Å². The first kappa shape index (κ1) is 22.2. The van der Waals surface area contributed by atoms with E-state index in [9.17, 15) is 9.59 Å². The Morgan fingerprint density at radius 3 is 2.84 bits per heavy atom. The molecule has 2 aromatic rings. The molecule has 2 aromatic heterocycles. The molecule has 0 spiro atoms. The first-order valence-corrected chi connectivity index (χ1v) is 10.4. The fourth-order valence-electron chi connectivity index (χ4n) is 3.39. The van der Waals surface area contributed by atoms with Crippen LogP contribution >= 0.6 is 0 Å². The van der Waals surface area contributed by atoms with Gasteiger partial charge in [-0.3, -0.25) is 20.1 Å². The van der Waals surface area contributed by atoms with Crippen LogP contribution in [0.5, 0.6) is 0 Å². The van der Waals surface area contributed by atoms with Crippen molar-refractivity contribution in [2.24, 2.45) is 10.7 Å². The maximum atomic E-state index is 12.2. The molecule has 0 saturated heterocycles. The number of hydrogen-bond donors (Lipinski definition) is 3. The summed E-state index contributed by atoms with van der Waals surface area (Å²) in [6, 6.07) is 5.39. The van der Waals surface area contributed by atoms with Crippen LogP contribution in [0.2, 0.25) is 0 Å². The number of allylic oxidation sites excluding steroid dienone is 1. The molecular formula is C22H28N6O3. The van der Waals surface area contributed by atoms with Crippen molar-refractivity contribution in [3.63, 3.8) is 0 Å². The highest BCUT2D eigenvalue weighted by Gasteiger charge is 2.17. The number of rotatable bonds is 8. The molecule has 4 N–H and O–H groups in total. The molecule has 0 atom stereocenters. The van der Waals surface area contributed by atoms with Crippen molar-refractivity contribution in [3.05, 3.63) is 36.2 Å². The van der Waals surface area contributed by atoms with Crippen LogP contribution in [0.3, 0.4) is 0 Å². The van der Waals surface area contributed by atoms with Gasteiger partial charge in [0.1, 0.15) is 5.82 Å². The lowest BCUT2D eigenvalue weighted by Gasteiger charge is -2.12. The Kier molecular flexibility index (Phi) is 7.91. The average molecular weight is 425 g/mol. The molecule has 31 heavy (non-hydrogen) atoms. The number of nitrogens with two attached hydrogens (primary N) is 1. The largest absolute Gasteiger partial charge is 0.466 e. The Labute approximate surface area is 181 Å². The van der Waals surface area contributed by atoms with Crippen molar-refractivity contribution < 1.29 is 14.3 Å². The van der Waals surface area contributed by atoms with Gasteiger partial charge < -0.3 is 15.8 Å². The summed E-state index contributed by atoms with van der Waals surface area (Å²) in [6.07, 6.45) is 9.79. The summed E-state index contributed by atoms with van der Waals surface area (Å²) >= 11 is 0. The molecule has 0 unspecified atom stereocenters. The zero-order valence-corrected chi connectivity index (χ0v) is 17.6. The smallest absolute Gasteiger partial charge is 0.320 e. The Bertz CT molecular complexity index is 982. The number of ether oxygens (including phenoxy) is 1. The molecule has 0 aliphatic heterocycles. The molecule has 2 amide bonds. The minimum Gasteiger partial charge on any atom is -0.466 e. The Hall–Kier alpha value is -3.49. The molecule has 2 heterocycles. The van der Waals surface area contributed by atoms with Gasteiger partial charge in [0.05, 0.1) is 17.6 Å². The van der Waals surface area contributed by atoms with Gasteiger partial charge in [-0.1, -0.05) is 12.8 Å². The molecule has 0 bridgehead atoms. The second kappa shape index (κ2) is 11.1. The Balaban J connectivity index is 1.64. The second-order valence-electron chi connectivity index (χ2n) is 7.39. The highest BCUT2D eigenvalue weighted by atomic mass is 16.5. The topological polar surface area (TPSA) is 132 Å².